The highest BCUT2D eigenvalue weighted by molar-refractivity contribution is 6.30. The Bertz CT molecular complexity index is 1110. The summed E-state index contributed by atoms with van der Waals surface area (Å²) in [6, 6.07) is 10.1. The maximum Gasteiger partial charge on any atom is 0.242 e. The van der Waals surface area contributed by atoms with Gasteiger partial charge in [0.05, 0.1) is 16.6 Å². The molecule has 2 fully saturated rings. The number of rotatable bonds is 4. The largest absolute Gasteiger partial charge is 0.309 e. The van der Waals surface area contributed by atoms with Gasteiger partial charge in [0.15, 0.2) is 0 Å². The SMILES string of the molecule is CC(C(=O)Nc1ccc(Cl)cn1)N1C[C@H]2CC(c3ccnc4ccc(F)cc34)C[C@H]2C1. The van der Waals surface area contributed by atoms with Crippen LogP contribution in [0.5, 0.6) is 0 Å². The Hall–Kier alpha value is -2.57. The zero-order valence-corrected chi connectivity index (χ0v) is 18.0. The smallest absolute Gasteiger partial charge is 0.242 e. The highest BCUT2D eigenvalue weighted by Crippen LogP contribution is 2.47. The molecule has 31 heavy (non-hydrogen) atoms. The van der Waals surface area contributed by atoms with Crippen LogP contribution in [-0.4, -0.2) is 39.9 Å². The van der Waals surface area contributed by atoms with E-state index in [0.717, 1.165) is 36.8 Å². The molecule has 1 saturated carbocycles. The van der Waals surface area contributed by atoms with Crippen LogP contribution in [0.1, 0.15) is 31.2 Å². The Morgan fingerprint density at radius 1 is 1.16 bits per heavy atom. The second-order valence-electron chi connectivity index (χ2n) is 8.73. The minimum absolute atomic E-state index is 0.0538. The third kappa shape index (κ3) is 4.02. The van der Waals surface area contributed by atoms with Crippen molar-refractivity contribution in [3.63, 3.8) is 0 Å². The second kappa shape index (κ2) is 8.17. The summed E-state index contributed by atoms with van der Waals surface area (Å²) in [5.74, 6) is 1.74. The van der Waals surface area contributed by atoms with Crippen molar-refractivity contribution in [2.45, 2.75) is 31.7 Å². The maximum atomic E-state index is 13.8. The van der Waals surface area contributed by atoms with Crippen LogP contribution in [0, 0.1) is 17.7 Å². The van der Waals surface area contributed by atoms with E-state index < -0.39 is 0 Å². The normalized spacial score (nSPS) is 24.3. The van der Waals surface area contributed by atoms with Gasteiger partial charge in [-0.1, -0.05) is 11.6 Å². The van der Waals surface area contributed by atoms with Crippen molar-refractivity contribution >= 4 is 34.2 Å². The van der Waals surface area contributed by atoms with Gasteiger partial charge in [-0.3, -0.25) is 14.7 Å². The minimum atomic E-state index is -0.225. The summed E-state index contributed by atoms with van der Waals surface area (Å²) in [5, 5.41) is 4.34. The maximum absolute atomic E-state index is 13.8. The van der Waals surface area contributed by atoms with Gasteiger partial charge in [0.25, 0.3) is 0 Å². The van der Waals surface area contributed by atoms with Crippen molar-refractivity contribution in [2.75, 3.05) is 18.4 Å². The van der Waals surface area contributed by atoms with E-state index in [-0.39, 0.29) is 17.8 Å². The summed E-state index contributed by atoms with van der Waals surface area (Å²) in [7, 11) is 0. The van der Waals surface area contributed by atoms with Crippen molar-refractivity contribution in [1.82, 2.24) is 14.9 Å². The van der Waals surface area contributed by atoms with Crippen LogP contribution in [0.25, 0.3) is 10.9 Å². The highest BCUT2D eigenvalue weighted by atomic mass is 35.5. The summed E-state index contributed by atoms with van der Waals surface area (Å²) in [6.45, 7) is 3.76. The molecule has 2 unspecified atom stereocenters. The molecule has 3 heterocycles. The van der Waals surface area contributed by atoms with Gasteiger partial charge < -0.3 is 5.32 Å². The lowest BCUT2D eigenvalue weighted by Crippen LogP contribution is -2.41. The van der Waals surface area contributed by atoms with Crippen LogP contribution >= 0.6 is 11.6 Å². The number of likely N-dealkylation sites (tertiary alicyclic amines) is 1. The number of hydrogen-bond acceptors (Lipinski definition) is 4. The number of carbonyl (C=O) groups excluding carboxylic acids is 1. The first-order chi connectivity index (χ1) is 15.0. The molecule has 5 nitrogen and oxygen atoms in total. The van der Waals surface area contributed by atoms with Crippen molar-refractivity contribution in [1.29, 1.82) is 0 Å². The third-order valence-electron chi connectivity index (χ3n) is 6.86. The van der Waals surface area contributed by atoms with Crippen LogP contribution in [0.3, 0.4) is 0 Å². The van der Waals surface area contributed by atoms with Crippen LogP contribution in [0.15, 0.2) is 48.8 Å². The van der Waals surface area contributed by atoms with Gasteiger partial charge in [0.1, 0.15) is 11.6 Å². The van der Waals surface area contributed by atoms with Crippen molar-refractivity contribution < 1.29 is 9.18 Å². The van der Waals surface area contributed by atoms with E-state index in [9.17, 15) is 9.18 Å². The molecule has 1 aliphatic heterocycles. The van der Waals surface area contributed by atoms with E-state index >= 15 is 0 Å². The fourth-order valence-electron chi connectivity index (χ4n) is 5.25. The summed E-state index contributed by atoms with van der Waals surface area (Å²) < 4.78 is 13.8. The van der Waals surface area contributed by atoms with Gasteiger partial charge in [-0.05, 0) is 79.5 Å². The number of fused-ring (bicyclic) bond motifs is 2. The van der Waals surface area contributed by atoms with E-state index in [0.29, 0.717) is 28.6 Å². The first kappa shape index (κ1) is 20.3. The molecule has 1 aliphatic carbocycles. The van der Waals surface area contributed by atoms with Crippen molar-refractivity contribution in [3.05, 3.63) is 65.2 Å². The van der Waals surface area contributed by atoms with Crippen LogP contribution in [0.4, 0.5) is 10.2 Å². The fourth-order valence-corrected chi connectivity index (χ4v) is 5.36. The number of carbonyl (C=O) groups is 1. The average Bonchev–Trinajstić information content (AvgIpc) is 3.33. The number of benzene rings is 1. The Labute approximate surface area is 185 Å². The van der Waals surface area contributed by atoms with E-state index in [1.165, 1.54) is 17.8 Å². The molecular formula is C24H24ClFN4O. The van der Waals surface area contributed by atoms with Crippen LogP contribution in [0.2, 0.25) is 5.02 Å². The molecule has 1 amide bonds. The highest BCUT2D eigenvalue weighted by Gasteiger charge is 2.43. The molecule has 0 bridgehead atoms. The molecule has 7 heteroatoms. The van der Waals surface area contributed by atoms with E-state index in [1.807, 2.05) is 19.2 Å². The molecule has 2 aliphatic rings. The topological polar surface area (TPSA) is 58.1 Å². The van der Waals surface area contributed by atoms with E-state index in [4.69, 9.17) is 11.6 Å². The van der Waals surface area contributed by atoms with Crippen molar-refractivity contribution in [3.8, 4) is 0 Å². The predicted octanol–water partition coefficient (Wildman–Crippen LogP) is 4.87. The molecule has 1 aromatic carbocycles. The van der Waals surface area contributed by atoms with Crippen LogP contribution < -0.4 is 5.32 Å². The minimum Gasteiger partial charge on any atom is -0.309 e. The Balaban J connectivity index is 1.24. The van der Waals surface area contributed by atoms with Gasteiger partial charge in [0, 0.05) is 30.9 Å². The molecule has 3 aromatic rings. The monoisotopic (exact) mass is 438 g/mol. The molecule has 1 saturated heterocycles. The Morgan fingerprint density at radius 3 is 2.65 bits per heavy atom. The average molecular weight is 439 g/mol. The van der Waals surface area contributed by atoms with Gasteiger partial charge in [-0.15, -0.1) is 0 Å². The summed E-state index contributed by atoms with van der Waals surface area (Å²) in [6.07, 6.45) is 5.47. The van der Waals surface area contributed by atoms with E-state index in [2.05, 4.69) is 20.2 Å². The van der Waals surface area contributed by atoms with E-state index in [1.54, 1.807) is 24.3 Å². The summed E-state index contributed by atoms with van der Waals surface area (Å²) >= 11 is 5.86. The van der Waals surface area contributed by atoms with Crippen LogP contribution in [-0.2, 0) is 4.79 Å². The molecular weight excluding hydrogens is 415 g/mol. The molecule has 0 radical (unpaired) electrons. The van der Waals surface area contributed by atoms with Gasteiger partial charge in [-0.2, -0.15) is 0 Å². The lowest BCUT2D eigenvalue weighted by atomic mass is 9.93. The number of nitrogens with zero attached hydrogens (tertiary/aromatic N) is 3. The fraction of sp³-hybridized carbons (Fsp3) is 0.375. The molecule has 160 valence electrons. The first-order valence-electron chi connectivity index (χ1n) is 10.7. The summed E-state index contributed by atoms with van der Waals surface area (Å²) in [4.78, 5) is 23.5. The zero-order chi connectivity index (χ0) is 21.5. The van der Waals surface area contributed by atoms with Crippen molar-refractivity contribution in [2.24, 2.45) is 11.8 Å². The molecule has 5 rings (SSSR count). The Morgan fingerprint density at radius 2 is 1.94 bits per heavy atom. The first-order valence-corrected chi connectivity index (χ1v) is 11.1. The number of pyridine rings is 2. The second-order valence-corrected chi connectivity index (χ2v) is 9.17. The predicted molar refractivity (Wildman–Crippen MR) is 120 cm³/mol. The number of halogens is 2. The lowest BCUT2D eigenvalue weighted by Gasteiger charge is -2.25. The summed E-state index contributed by atoms with van der Waals surface area (Å²) in [5.41, 5.74) is 2.05. The molecule has 4 atom stereocenters. The van der Waals surface area contributed by atoms with Gasteiger partial charge in [0.2, 0.25) is 5.91 Å². The third-order valence-corrected chi connectivity index (χ3v) is 7.09. The standard InChI is InChI=1S/C24H24ClFN4O/c1-14(24(31)29-23-5-2-18(25)11-28-23)30-12-16-8-15(9-17(16)13-30)20-6-7-27-22-4-3-19(26)10-21(20)22/h2-7,10-11,14-17H,8-9,12-13H2,1H3,(H,28,29,31)/t14?,15?,16-,17+. The number of amides is 1. The molecule has 2 aromatic heterocycles. The number of nitrogens with one attached hydrogen (secondary N) is 1. The number of aromatic nitrogens is 2. The number of anilines is 1. The molecule has 0 spiro atoms. The van der Waals surface area contributed by atoms with Gasteiger partial charge in [-0.25, -0.2) is 9.37 Å². The zero-order valence-electron chi connectivity index (χ0n) is 17.3. The quantitative estimate of drug-likeness (QED) is 0.631. The lowest BCUT2D eigenvalue weighted by molar-refractivity contribution is -0.120. The van der Waals surface area contributed by atoms with Gasteiger partial charge >= 0.3 is 0 Å². The Kier molecular flexibility index (Phi) is 5.36. The number of hydrogen-bond donors (Lipinski definition) is 1. The molecule has 1 N–H and O–H groups in total.